The van der Waals surface area contributed by atoms with E-state index in [1.54, 1.807) is 0 Å². The van der Waals surface area contributed by atoms with Crippen molar-refractivity contribution in [3.63, 3.8) is 0 Å². The first-order valence-corrected chi connectivity index (χ1v) is 8.44. The third-order valence-electron chi connectivity index (χ3n) is 4.32. The van der Waals surface area contributed by atoms with E-state index in [0.717, 1.165) is 31.2 Å². The molecule has 0 aromatic carbocycles. The Hall–Kier alpha value is -1.05. The second-order valence-corrected chi connectivity index (χ2v) is 6.33. The largest absolute Gasteiger partial charge is 0.477 e. The number of aliphatic imine (C=N–C) groups is 1. The summed E-state index contributed by atoms with van der Waals surface area (Å²) in [6.07, 6.45) is 9.45. The van der Waals surface area contributed by atoms with Gasteiger partial charge in [-0.2, -0.15) is 0 Å². The summed E-state index contributed by atoms with van der Waals surface area (Å²) in [4.78, 5) is 11.1. The van der Waals surface area contributed by atoms with E-state index in [4.69, 9.17) is 10.5 Å². The Labute approximate surface area is 155 Å². The van der Waals surface area contributed by atoms with Crippen LogP contribution in [0.25, 0.3) is 0 Å². The van der Waals surface area contributed by atoms with Crippen LogP contribution in [0.15, 0.2) is 23.3 Å². The fraction of sp³-hybridized carbons (Fsp3) is 0.647. The maximum absolute atomic E-state index is 6.11. The number of likely N-dealkylation sites (tertiary alicyclic amines) is 1. The monoisotopic (exact) mass is 430 g/mol. The highest BCUT2D eigenvalue weighted by molar-refractivity contribution is 14.0. The van der Waals surface area contributed by atoms with E-state index in [1.165, 1.54) is 38.5 Å². The Morgan fingerprint density at radius 3 is 2.57 bits per heavy atom. The van der Waals surface area contributed by atoms with Crippen molar-refractivity contribution >= 4 is 29.9 Å². The van der Waals surface area contributed by atoms with Gasteiger partial charge in [0, 0.05) is 25.4 Å². The summed E-state index contributed by atoms with van der Waals surface area (Å²) in [5, 5.41) is 0. The summed E-state index contributed by atoms with van der Waals surface area (Å²) in [5.41, 5.74) is 7.18. The normalized spacial score (nSPS) is 19.0. The van der Waals surface area contributed by atoms with Crippen molar-refractivity contribution in [2.75, 3.05) is 19.7 Å². The van der Waals surface area contributed by atoms with Gasteiger partial charge in [0.2, 0.25) is 5.88 Å². The quantitative estimate of drug-likeness (QED) is 0.443. The molecule has 3 rings (SSSR count). The molecule has 5 nitrogen and oxygen atoms in total. The lowest BCUT2D eigenvalue weighted by Gasteiger charge is -2.21. The van der Waals surface area contributed by atoms with Crippen molar-refractivity contribution in [1.29, 1.82) is 0 Å². The number of nitrogens with zero attached hydrogens (tertiary/aromatic N) is 3. The molecule has 1 saturated heterocycles. The third-order valence-corrected chi connectivity index (χ3v) is 4.32. The van der Waals surface area contributed by atoms with Gasteiger partial charge in [0.1, 0.15) is 0 Å². The molecule has 0 amide bonds. The van der Waals surface area contributed by atoms with Crippen molar-refractivity contribution < 1.29 is 4.74 Å². The molecule has 1 aromatic heterocycles. The molecule has 0 unspecified atom stereocenters. The SMILES string of the molecule is I.NC(=NCc1ccc(OCC2CC2)nc1)N1CCCCCC1. The lowest BCUT2D eigenvalue weighted by Crippen LogP contribution is -2.38. The average molecular weight is 430 g/mol. The van der Waals surface area contributed by atoms with E-state index in [-0.39, 0.29) is 24.0 Å². The molecule has 0 bridgehead atoms. The van der Waals surface area contributed by atoms with Gasteiger partial charge in [0.05, 0.1) is 13.2 Å². The zero-order valence-corrected chi connectivity index (χ0v) is 15.9. The van der Waals surface area contributed by atoms with E-state index >= 15 is 0 Å². The first kappa shape index (κ1) is 18.3. The number of aromatic nitrogens is 1. The molecule has 2 N–H and O–H groups in total. The van der Waals surface area contributed by atoms with E-state index in [2.05, 4.69) is 14.9 Å². The highest BCUT2D eigenvalue weighted by Gasteiger charge is 2.22. The molecular weight excluding hydrogens is 403 g/mol. The number of ether oxygens (including phenoxy) is 1. The van der Waals surface area contributed by atoms with Crippen molar-refractivity contribution in [3.8, 4) is 5.88 Å². The number of nitrogens with two attached hydrogens (primary N) is 1. The summed E-state index contributed by atoms with van der Waals surface area (Å²) in [6, 6.07) is 3.95. The van der Waals surface area contributed by atoms with Crippen molar-refractivity contribution in [2.24, 2.45) is 16.6 Å². The number of hydrogen-bond donors (Lipinski definition) is 1. The number of halogens is 1. The van der Waals surface area contributed by atoms with Gasteiger partial charge in [-0.3, -0.25) is 0 Å². The van der Waals surface area contributed by atoms with Crippen LogP contribution in [-0.4, -0.2) is 35.5 Å². The molecule has 1 aromatic rings. The molecule has 1 aliphatic heterocycles. The minimum Gasteiger partial charge on any atom is -0.477 e. The van der Waals surface area contributed by atoms with Crippen LogP contribution in [0.4, 0.5) is 0 Å². The Bertz CT molecular complexity index is 494. The molecule has 2 aliphatic rings. The molecule has 0 radical (unpaired) electrons. The lowest BCUT2D eigenvalue weighted by molar-refractivity contribution is 0.288. The summed E-state index contributed by atoms with van der Waals surface area (Å²) >= 11 is 0. The Morgan fingerprint density at radius 1 is 1.22 bits per heavy atom. The standard InChI is InChI=1S/C17H26N4O.HI/c18-17(21-9-3-1-2-4-10-21)20-12-15-7-8-16(19-11-15)22-13-14-5-6-14;/h7-8,11,14H,1-6,9-10,12-13H2,(H2,18,20);1H. The average Bonchev–Trinajstić information content (AvgIpc) is 3.38. The minimum atomic E-state index is 0. The maximum Gasteiger partial charge on any atom is 0.213 e. The second kappa shape index (κ2) is 9.30. The van der Waals surface area contributed by atoms with Gasteiger partial charge in [-0.15, -0.1) is 24.0 Å². The topological polar surface area (TPSA) is 63.7 Å². The fourth-order valence-electron chi connectivity index (χ4n) is 2.65. The van der Waals surface area contributed by atoms with E-state index in [1.807, 2.05) is 18.3 Å². The van der Waals surface area contributed by atoms with Crippen LogP contribution in [0.1, 0.15) is 44.1 Å². The second-order valence-electron chi connectivity index (χ2n) is 6.33. The number of rotatable bonds is 5. The molecule has 1 aliphatic carbocycles. The molecule has 23 heavy (non-hydrogen) atoms. The molecule has 2 fully saturated rings. The van der Waals surface area contributed by atoms with Gasteiger partial charge in [-0.1, -0.05) is 18.9 Å². The summed E-state index contributed by atoms with van der Waals surface area (Å²) < 4.78 is 5.64. The minimum absolute atomic E-state index is 0. The number of guanidine groups is 1. The van der Waals surface area contributed by atoms with Gasteiger partial charge in [-0.05, 0) is 37.2 Å². The van der Waals surface area contributed by atoms with Gasteiger partial charge in [-0.25, -0.2) is 9.98 Å². The van der Waals surface area contributed by atoms with Crippen LogP contribution in [0, 0.1) is 5.92 Å². The Balaban J connectivity index is 0.00000192. The maximum atomic E-state index is 6.11. The van der Waals surface area contributed by atoms with Crippen LogP contribution in [0.5, 0.6) is 5.88 Å². The van der Waals surface area contributed by atoms with Gasteiger partial charge >= 0.3 is 0 Å². The molecule has 2 heterocycles. The first-order chi connectivity index (χ1) is 10.8. The molecule has 1 saturated carbocycles. The molecule has 128 valence electrons. The molecule has 6 heteroatoms. The van der Waals surface area contributed by atoms with Crippen molar-refractivity contribution in [1.82, 2.24) is 9.88 Å². The molecule has 0 atom stereocenters. The Kier molecular flexibility index (Phi) is 7.39. The Morgan fingerprint density at radius 2 is 1.96 bits per heavy atom. The van der Waals surface area contributed by atoms with Crippen LogP contribution in [0.2, 0.25) is 0 Å². The van der Waals surface area contributed by atoms with Gasteiger partial charge < -0.3 is 15.4 Å². The van der Waals surface area contributed by atoms with Crippen LogP contribution < -0.4 is 10.5 Å². The lowest BCUT2D eigenvalue weighted by atomic mass is 10.2. The fourth-order valence-corrected chi connectivity index (χ4v) is 2.65. The number of pyridine rings is 1. The zero-order chi connectivity index (χ0) is 15.2. The molecule has 0 spiro atoms. The highest BCUT2D eigenvalue weighted by Crippen LogP contribution is 2.29. The van der Waals surface area contributed by atoms with Gasteiger partial charge in [0.15, 0.2) is 5.96 Å². The first-order valence-electron chi connectivity index (χ1n) is 8.44. The van der Waals surface area contributed by atoms with Crippen LogP contribution in [-0.2, 0) is 6.54 Å². The summed E-state index contributed by atoms with van der Waals surface area (Å²) in [7, 11) is 0. The number of hydrogen-bond acceptors (Lipinski definition) is 3. The van der Waals surface area contributed by atoms with E-state index in [0.29, 0.717) is 18.4 Å². The molecular formula is C17H27IN4O. The summed E-state index contributed by atoms with van der Waals surface area (Å²) in [5.74, 6) is 2.12. The highest BCUT2D eigenvalue weighted by atomic mass is 127. The predicted molar refractivity (Wildman–Crippen MR) is 103 cm³/mol. The van der Waals surface area contributed by atoms with E-state index in [9.17, 15) is 0 Å². The van der Waals surface area contributed by atoms with E-state index < -0.39 is 0 Å². The predicted octanol–water partition coefficient (Wildman–Crippen LogP) is 3.18. The zero-order valence-electron chi connectivity index (χ0n) is 13.6. The van der Waals surface area contributed by atoms with Gasteiger partial charge in [0.25, 0.3) is 0 Å². The van der Waals surface area contributed by atoms with Crippen LogP contribution in [0.3, 0.4) is 0 Å². The van der Waals surface area contributed by atoms with Crippen molar-refractivity contribution in [3.05, 3.63) is 23.9 Å². The van der Waals surface area contributed by atoms with Crippen LogP contribution >= 0.6 is 24.0 Å². The van der Waals surface area contributed by atoms with Crippen molar-refractivity contribution in [2.45, 2.75) is 45.1 Å². The third kappa shape index (κ3) is 6.16. The summed E-state index contributed by atoms with van der Waals surface area (Å²) in [6.45, 7) is 3.44. The smallest absolute Gasteiger partial charge is 0.213 e.